The number of aliphatic hydroxyl groups excluding tert-OH is 1. The van der Waals surface area contributed by atoms with Crippen molar-refractivity contribution in [2.24, 2.45) is 0 Å². The molecule has 0 radical (unpaired) electrons. The predicted octanol–water partition coefficient (Wildman–Crippen LogP) is 4.43. The fourth-order valence-electron chi connectivity index (χ4n) is 4.80. The number of nitrogens with zero attached hydrogens (tertiary/aromatic N) is 3. The molecular formula is C29H26N4O5S. The maximum atomic E-state index is 12.8. The topological polar surface area (TPSA) is 118 Å². The number of ether oxygens (including phenoxy) is 2. The van der Waals surface area contributed by atoms with Crippen molar-refractivity contribution in [3.05, 3.63) is 113 Å². The highest BCUT2D eigenvalue weighted by Crippen LogP contribution is 2.39. The van der Waals surface area contributed by atoms with Gasteiger partial charge in [-0.2, -0.15) is 5.10 Å². The van der Waals surface area contributed by atoms with Crippen molar-refractivity contribution < 1.29 is 24.2 Å². The number of hydrogen-bond donors (Lipinski definition) is 2. The molecule has 9 nitrogen and oxygen atoms in total. The number of rotatable bonds is 8. The Morgan fingerprint density at radius 2 is 1.56 bits per heavy atom. The average Bonchev–Trinajstić information content (AvgIpc) is 3.59. The van der Waals surface area contributed by atoms with Gasteiger partial charge in [-0.15, -0.1) is 0 Å². The summed E-state index contributed by atoms with van der Waals surface area (Å²) in [6.07, 6.45) is 1.23. The molecule has 0 unspecified atom stereocenters. The fourth-order valence-corrected chi connectivity index (χ4v) is 5.60. The summed E-state index contributed by atoms with van der Waals surface area (Å²) in [5, 5.41) is 16.9. The van der Waals surface area contributed by atoms with Crippen LogP contribution in [0.4, 0.5) is 0 Å². The smallest absolute Gasteiger partial charge is 0.261 e. The van der Waals surface area contributed by atoms with Crippen LogP contribution in [0.5, 0.6) is 0 Å². The lowest BCUT2D eigenvalue weighted by molar-refractivity contribution is -0.245. The Labute approximate surface area is 229 Å². The third-order valence-corrected chi connectivity index (χ3v) is 7.89. The van der Waals surface area contributed by atoms with Crippen LogP contribution in [0.2, 0.25) is 0 Å². The fraction of sp³-hybridized carbons (Fsp3) is 0.241. The standard InChI is InChI=1S/C29H26N4O5S/c34-15-19-7-9-20(10-8-19)25-13-22(16-39-29-30-17-31-32-29)37-28(38-25)21-11-5-18(6-12-21)14-33-26(35)23-3-1-2-4-24(23)27(33)36/h1-12,17,22,25,28,34H,13-16H2,(H,30,31,32)/t22-,25+,28+/m1/s1. The summed E-state index contributed by atoms with van der Waals surface area (Å²) in [6, 6.07) is 22.2. The molecule has 1 aromatic heterocycles. The molecule has 6 rings (SSSR count). The Morgan fingerprint density at radius 3 is 2.21 bits per heavy atom. The molecular weight excluding hydrogens is 516 g/mol. The molecule has 198 valence electrons. The number of imide groups is 1. The molecule has 3 heterocycles. The second-order valence-corrected chi connectivity index (χ2v) is 10.4. The van der Waals surface area contributed by atoms with Crippen LogP contribution >= 0.6 is 11.8 Å². The van der Waals surface area contributed by atoms with Crippen LogP contribution in [0.3, 0.4) is 0 Å². The lowest BCUT2D eigenvalue weighted by Crippen LogP contribution is -2.31. The third kappa shape index (κ3) is 5.37. The summed E-state index contributed by atoms with van der Waals surface area (Å²) < 4.78 is 12.8. The second-order valence-electron chi connectivity index (χ2n) is 9.44. The van der Waals surface area contributed by atoms with E-state index in [-0.39, 0.29) is 37.2 Å². The van der Waals surface area contributed by atoms with Gasteiger partial charge >= 0.3 is 0 Å². The van der Waals surface area contributed by atoms with E-state index in [0.717, 1.165) is 27.4 Å². The summed E-state index contributed by atoms with van der Waals surface area (Å²) in [5.41, 5.74) is 4.40. The maximum Gasteiger partial charge on any atom is 0.261 e. The van der Waals surface area contributed by atoms with E-state index in [2.05, 4.69) is 15.2 Å². The van der Waals surface area contributed by atoms with Gasteiger partial charge in [-0.3, -0.25) is 19.6 Å². The molecule has 0 bridgehead atoms. The molecule has 4 aromatic rings. The zero-order valence-corrected chi connectivity index (χ0v) is 21.7. The zero-order chi connectivity index (χ0) is 26.8. The lowest BCUT2D eigenvalue weighted by Gasteiger charge is -2.36. The first-order valence-corrected chi connectivity index (χ1v) is 13.6. The van der Waals surface area contributed by atoms with Crippen LogP contribution in [-0.2, 0) is 22.6 Å². The summed E-state index contributed by atoms with van der Waals surface area (Å²) in [7, 11) is 0. The van der Waals surface area contributed by atoms with Crippen molar-refractivity contribution in [3.8, 4) is 0 Å². The molecule has 2 N–H and O–H groups in total. The van der Waals surface area contributed by atoms with Crippen LogP contribution in [0, 0.1) is 0 Å². The minimum absolute atomic E-state index is 0.0128. The van der Waals surface area contributed by atoms with Gasteiger partial charge in [0, 0.05) is 17.7 Å². The first-order chi connectivity index (χ1) is 19.1. The lowest BCUT2D eigenvalue weighted by atomic mass is 10.0. The van der Waals surface area contributed by atoms with E-state index in [1.54, 1.807) is 24.3 Å². The van der Waals surface area contributed by atoms with E-state index >= 15 is 0 Å². The normalized spacial score (nSPS) is 20.8. The van der Waals surface area contributed by atoms with E-state index < -0.39 is 6.29 Å². The molecule has 2 aliphatic rings. The van der Waals surface area contributed by atoms with Gasteiger partial charge in [-0.1, -0.05) is 72.4 Å². The van der Waals surface area contributed by atoms with Crippen LogP contribution in [0.15, 0.2) is 84.3 Å². The zero-order valence-electron chi connectivity index (χ0n) is 20.9. The number of carbonyl (C=O) groups excluding carboxylic acids is 2. The Morgan fingerprint density at radius 1 is 0.897 bits per heavy atom. The highest BCUT2D eigenvalue weighted by atomic mass is 32.2. The van der Waals surface area contributed by atoms with E-state index in [1.165, 1.54) is 23.0 Å². The van der Waals surface area contributed by atoms with Crippen LogP contribution < -0.4 is 0 Å². The number of H-pyrrole nitrogens is 1. The van der Waals surface area contributed by atoms with E-state index in [0.29, 0.717) is 23.3 Å². The molecule has 39 heavy (non-hydrogen) atoms. The number of benzene rings is 3. The van der Waals surface area contributed by atoms with E-state index in [9.17, 15) is 14.7 Å². The molecule has 3 aromatic carbocycles. The maximum absolute atomic E-state index is 12.8. The van der Waals surface area contributed by atoms with Gasteiger partial charge in [0.15, 0.2) is 11.4 Å². The summed E-state index contributed by atoms with van der Waals surface area (Å²) >= 11 is 1.54. The summed E-state index contributed by atoms with van der Waals surface area (Å²) in [5.74, 6) is 0.111. The number of aromatic nitrogens is 3. The highest BCUT2D eigenvalue weighted by Gasteiger charge is 2.35. The van der Waals surface area contributed by atoms with Crippen molar-refractivity contribution in [2.75, 3.05) is 5.75 Å². The van der Waals surface area contributed by atoms with Gasteiger partial charge < -0.3 is 14.6 Å². The Kier molecular flexibility index (Phi) is 7.25. The van der Waals surface area contributed by atoms with Crippen LogP contribution in [-0.4, -0.2) is 48.9 Å². The molecule has 2 aliphatic heterocycles. The van der Waals surface area contributed by atoms with Gasteiger partial charge in [0.2, 0.25) is 0 Å². The number of carbonyl (C=O) groups is 2. The monoisotopic (exact) mass is 542 g/mol. The molecule has 0 saturated carbocycles. The molecule has 2 amide bonds. The van der Waals surface area contributed by atoms with Gasteiger partial charge in [0.05, 0.1) is 36.5 Å². The molecule has 1 fully saturated rings. The number of amides is 2. The van der Waals surface area contributed by atoms with Gasteiger partial charge in [-0.05, 0) is 28.8 Å². The van der Waals surface area contributed by atoms with Gasteiger partial charge in [-0.25, -0.2) is 4.98 Å². The number of aliphatic hydroxyl groups is 1. The first-order valence-electron chi connectivity index (χ1n) is 12.6. The number of fused-ring (bicyclic) bond motifs is 1. The summed E-state index contributed by atoms with van der Waals surface area (Å²) in [6.45, 7) is 0.177. The predicted molar refractivity (Wildman–Crippen MR) is 143 cm³/mol. The van der Waals surface area contributed by atoms with Gasteiger partial charge in [0.25, 0.3) is 11.8 Å². The van der Waals surface area contributed by atoms with Crippen molar-refractivity contribution in [2.45, 2.75) is 43.2 Å². The van der Waals surface area contributed by atoms with E-state index in [1.807, 2.05) is 48.5 Å². The Hall–Kier alpha value is -3.83. The first kappa shape index (κ1) is 25.4. The molecule has 1 saturated heterocycles. The number of hydrogen-bond acceptors (Lipinski definition) is 8. The quantitative estimate of drug-likeness (QED) is 0.248. The molecule has 3 atom stereocenters. The van der Waals surface area contributed by atoms with Crippen molar-refractivity contribution >= 4 is 23.6 Å². The van der Waals surface area contributed by atoms with Gasteiger partial charge in [0.1, 0.15) is 6.33 Å². The third-order valence-electron chi connectivity index (χ3n) is 6.88. The minimum Gasteiger partial charge on any atom is -0.392 e. The summed E-state index contributed by atoms with van der Waals surface area (Å²) in [4.78, 5) is 31.0. The molecule has 0 spiro atoms. The van der Waals surface area contributed by atoms with Crippen molar-refractivity contribution in [1.82, 2.24) is 20.1 Å². The van der Waals surface area contributed by atoms with E-state index in [4.69, 9.17) is 9.47 Å². The second kappa shape index (κ2) is 11.1. The largest absolute Gasteiger partial charge is 0.392 e. The Bertz CT molecular complexity index is 1430. The molecule has 10 heteroatoms. The van der Waals surface area contributed by atoms with Crippen molar-refractivity contribution in [1.29, 1.82) is 0 Å². The SMILES string of the molecule is O=C1c2ccccc2C(=O)N1Cc1ccc([C@H]2O[C@@H](CSc3ncn[nH]3)C[C@@H](c3ccc(CO)cc3)O2)cc1. The van der Waals surface area contributed by atoms with Crippen LogP contribution in [0.25, 0.3) is 0 Å². The highest BCUT2D eigenvalue weighted by molar-refractivity contribution is 7.99. The average molecular weight is 543 g/mol. The number of thioether (sulfide) groups is 1. The minimum atomic E-state index is -0.602. The molecule has 0 aliphatic carbocycles. The van der Waals surface area contributed by atoms with Crippen LogP contribution in [0.1, 0.15) is 61.8 Å². The number of aromatic amines is 1. The number of nitrogens with one attached hydrogen (secondary N) is 1. The van der Waals surface area contributed by atoms with Crippen molar-refractivity contribution in [3.63, 3.8) is 0 Å². The Balaban J connectivity index is 1.18.